The highest BCUT2D eigenvalue weighted by atomic mass is 16.2. The summed E-state index contributed by atoms with van der Waals surface area (Å²) in [4.78, 5) is 13.9. The number of nitrogens with two attached hydrogens (primary N) is 1. The van der Waals surface area contributed by atoms with Crippen molar-refractivity contribution in [1.82, 2.24) is 4.90 Å². The number of piperidine rings is 1. The monoisotopic (exact) mass is 264 g/mol. The van der Waals surface area contributed by atoms with Crippen LogP contribution in [0.15, 0.2) is 0 Å². The van der Waals surface area contributed by atoms with Crippen molar-refractivity contribution < 1.29 is 4.79 Å². The lowest BCUT2D eigenvalue weighted by molar-refractivity contribution is -0.137. The van der Waals surface area contributed by atoms with Crippen molar-refractivity contribution in [1.29, 1.82) is 0 Å². The number of nitrogens with zero attached hydrogens (tertiary/aromatic N) is 1. The Kier molecular flexibility index (Phi) is 4.01. The lowest BCUT2D eigenvalue weighted by Gasteiger charge is -2.48. The summed E-state index contributed by atoms with van der Waals surface area (Å²) in [6.45, 7) is 4.69. The van der Waals surface area contributed by atoms with Gasteiger partial charge in [-0.2, -0.15) is 0 Å². The van der Waals surface area contributed by atoms with Crippen LogP contribution in [0.1, 0.15) is 58.8 Å². The third-order valence-corrected chi connectivity index (χ3v) is 5.33. The summed E-state index contributed by atoms with van der Waals surface area (Å²) < 4.78 is 0. The van der Waals surface area contributed by atoms with Gasteiger partial charge in [-0.25, -0.2) is 0 Å². The average Bonchev–Trinajstić information content (AvgIpc) is 2.31. The molecule has 2 rings (SSSR count). The van der Waals surface area contributed by atoms with Crippen LogP contribution in [0.4, 0.5) is 0 Å². The fraction of sp³-hybridized carbons (Fsp3) is 0.933. The molecule has 0 aromatic rings. The first-order valence-corrected chi connectivity index (χ1v) is 7.77. The van der Waals surface area contributed by atoms with E-state index < -0.39 is 0 Å². The molecule has 1 aliphatic heterocycles. The van der Waals surface area contributed by atoms with Gasteiger partial charge in [-0.1, -0.05) is 26.7 Å². The van der Waals surface area contributed by atoms with Crippen molar-refractivity contribution in [3.8, 4) is 0 Å². The number of hydrogen-bond donors (Lipinski definition) is 1. The molecular formula is C15H29BN2O. The second-order valence-corrected chi connectivity index (χ2v) is 7.81. The van der Waals surface area contributed by atoms with Crippen LogP contribution >= 0.6 is 0 Å². The Bertz CT molecular complexity index is 354. The van der Waals surface area contributed by atoms with Gasteiger partial charge in [-0.15, -0.1) is 0 Å². The molecule has 4 heteroatoms. The van der Waals surface area contributed by atoms with E-state index in [0.29, 0.717) is 29.7 Å². The molecule has 0 radical (unpaired) electrons. The molecule has 3 unspecified atom stereocenters. The van der Waals surface area contributed by atoms with E-state index in [1.54, 1.807) is 0 Å². The number of rotatable bonds is 0. The molecule has 1 amide bonds. The standard InChI is InChI=1S/C15H29BN2O/c1-14(2)9-5-4-6-12-11(15(16,17)10-14)7-8-13(19)18(12)3/h11-12H,4-10,16-17H2,1-3H3. The van der Waals surface area contributed by atoms with Crippen LogP contribution in [0.3, 0.4) is 0 Å². The Morgan fingerprint density at radius 1 is 1.32 bits per heavy atom. The molecule has 19 heavy (non-hydrogen) atoms. The second kappa shape index (κ2) is 5.12. The molecule has 1 saturated heterocycles. The van der Waals surface area contributed by atoms with Crippen molar-refractivity contribution in [3.63, 3.8) is 0 Å². The summed E-state index contributed by atoms with van der Waals surface area (Å²) in [7, 11) is 4.18. The summed E-state index contributed by atoms with van der Waals surface area (Å²) in [6, 6.07) is 0.352. The van der Waals surface area contributed by atoms with E-state index in [0.717, 1.165) is 19.3 Å². The molecular weight excluding hydrogens is 235 g/mol. The van der Waals surface area contributed by atoms with Crippen LogP contribution in [0.2, 0.25) is 0 Å². The molecule has 1 heterocycles. The molecule has 108 valence electrons. The number of carbonyl (C=O) groups excluding carboxylic acids is 1. The minimum Gasteiger partial charge on any atom is -0.342 e. The Hall–Kier alpha value is -0.505. The summed E-state index contributed by atoms with van der Waals surface area (Å²) in [5.74, 6) is 0.753. The first kappa shape index (κ1) is 14.9. The molecule has 0 aromatic heterocycles. The van der Waals surface area contributed by atoms with Gasteiger partial charge in [0.15, 0.2) is 0 Å². The number of hydrogen-bond acceptors (Lipinski definition) is 2. The van der Waals surface area contributed by atoms with Gasteiger partial charge >= 0.3 is 0 Å². The van der Waals surface area contributed by atoms with E-state index in [2.05, 4.69) is 21.7 Å². The minimum absolute atomic E-state index is 0.159. The molecule has 0 spiro atoms. The third kappa shape index (κ3) is 3.15. The first-order valence-electron chi connectivity index (χ1n) is 7.77. The summed E-state index contributed by atoms with van der Waals surface area (Å²) >= 11 is 0. The zero-order valence-corrected chi connectivity index (χ0v) is 13.0. The van der Waals surface area contributed by atoms with Crippen molar-refractivity contribution in [2.45, 2.75) is 70.3 Å². The predicted molar refractivity (Wildman–Crippen MR) is 81.6 cm³/mol. The molecule has 0 aromatic carbocycles. The second-order valence-electron chi connectivity index (χ2n) is 7.81. The summed E-state index contributed by atoms with van der Waals surface area (Å²) in [5.41, 5.74) is 6.88. The van der Waals surface area contributed by atoms with E-state index in [1.807, 2.05) is 11.9 Å². The lowest BCUT2D eigenvalue weighted by atomic mass is 9.57. The molecule has 2 fully saturated rings. The maximum atomic E-state index is 12.0. The fourth-order valence-electron chi connectivity index (χ4n) is 4.47. The molecule has 0 bridgehead atoms. The Balaban J connectivity index is 2.27. The van der Waals surface area contributed by atoms with Crippen molar-refractivity contribution in [2.75, 3.05) is 7.05 Å². The topological polar surface area (TPSA) is 46.3 Å². The van der Waals surface area contributed by atoms with Crippen LogP contribution in [0.25, 0.3) is 0 Å². The Morgan fingerprint density at radius 2 is 2.00 bits per heavy atom. The smallest absolute Gasteiger partial charge is 0.222 e. The van der Waals surface area contributed by atoms with E-state index in [9.17, 15) is 4.79 Å². The largest absolute Gasteiger partial charge is 0.342 e. The van der Waals surface area contributed by atoms with Gasteiger partial charge in [-0.05, 0) is 42.5 Å². The average molecular weight is 264 g/mol. The summed E-state index contributed by atoms with van der Waals surface area (Å²) in [6.07, 6.45) is 7.55. The van der Waals surface area contributed by atoms with E-state index in [-0.39, 0.29) is 5.44 Å². The quantitative estimate of drug-likeness (QED) is 0.674. The number of carbonyl (C=O) groups is 1. The van der Waals surface area contributed by atoms with Gasteiger partial charge in [0.1, 0.15) is 7.85 Å². The fourth-order valence-corrected chi connectivity index (χ4v) is 4.47. The maximum Gasteiger partial charge on any atom is 0.222 e. The zero-order valence-electron chi connectivity index (χ0n) is 13.0. The number of amides is 1. The first-order chi connectivity index (χ1) is 8.73. The third-order valence-electron chi connectivity index (χ3n) is 5.33. The zero-order chi connectivity index (χ0) is 14.3. The van der Waals surface area contributed by atoms with E-state index >= 15 is 0 Å². The van der Waals surface area contributed by atoms with Crippen LogP contribution in [0.5, 0.6) is 0 Å². The minimum atomic E-state index is -0.159. The lowest BCUT2D eigenvalue weighted by Crippen LogP contribution is -2.60. The van der Waals surface area contributed by atoms with Crippen LogP contribution < -0.4 is 5.73 Å². The highest BCUT2D eigenvalue weighted by Crippen LogP contribution is 2.41. The van der Waals surface area contributed by atoms with Crippen LogP contribution in [0, 0.1) is 11.3 Å². The number of likely N-dealkylation sites (tertiary alicyclic amines) is 1. The van der Waals surface area contributed by atoms with Gasteiger partial charge < -0.3 is 10.6 Å². The number of fused-ring (bicyclic) bond motifs is 1. The molecule has 1 aliphatic carbocycles. The molecule has 3 atom stereocenters. The molecule has 2 N–H and O–H groups in total. The van der Waals surface area contributed by atoms with E-state index in [1.165, 1.54) is 19.3 Å². The summed E-state index contributed by atoms with van der Waals surface area (Å²) in [5, 5.41) is 0. The maximum absolute atomic E-state index is 12.0. The Labute approximate surface area is 118 Å². The SMILES string of the molecule is BC1(N)CC(C)(C)CCCCC2C1CCC(=O)N2C. The normalized spacial score (nSPS) is 40.0. The van der Waals surface area contributed by atoms with Gasteiger partial charge in [0.25, 0.3) is 0 Å². The highest BCUT2D eigenvalue weighted by molar-refractivity contribution is 6.15. The van der Waals surface area contributed by atoms with Crippen molar-refractivity contribution in [2.24, 2.45) is 17.1 Å². The molecule has 1 saturated carbocycles. The van der Waals surface area contributed by atoms with Gasteiger partial charge in [0.2, 0.25) is 5.91 Å². The molecule has 3 nitrogen and oxygen atoms in total. The molecule has 2 aliphatic rings. The van der Waals surface area contributed by atoms with E-state index in [4.69, 9.17) is 5.73 Å². The van der Waals surface area contributed by atoms with Crippen LogP contribution in [-0.2, 0) is 4.79 Å². The predicted octanol–water partition coefficient (Wildman–Crippen LogP) is 1.50. The van der Waals surface area contributed by atoms with Gasteiger partial charge in [0, 0.05) is 19.5 Å². The van der Waals surface area contributed by atoms with Gasteiger partial charge in [0.05, 0.1) is 0 Å². The van der Waals surface area contributed by atoms with Crippen molar-refractivity contribution >= 4 is 13.8 Å². The van der Waals surface area contributed by atoms with Gasteiger partial charge in [-0.3, -0.25) is 4.79 Å². The Morgan fingerprint density at radius 3 is 2.68 bits per heavy atom. The van der Waals surface area contributed by atoms with Crippen LogP contribution in [-0.4, -0.2) is 37.2 Å². The van der Waals surface area contributed by atoms with Crippen molar-refractivity contribution in [3.05, 3.63) is 0 Å². The highest BCUT2D eigenvalue weighted by Gasteiger charge is 2.44.